The first kappa shape index (κ1) is 14.2. The highest BCUT2D eigenvalue weighted by molar-refractivity contribution is 7.98. The monoisotopic (exact) mass is 343 g/mol. The largest absolute Gasteiger partial charge is 0.338 e. The van der Waals surface area contributed by atoms with Crippen molar-refractivity contribution in [3.05, 3.63) is 59.6 Å². The molecule has 4 aromatic rings. The second kappa shape index (κ2) is 6.02. The van der Waals surface area contributed by atoms with Crippen molar-refractivity contribution in [1.29, 1.82) is 0 Å². The third-order valence-corrected chi connectivity index (χ3v) is 4.32. The molecule has 1 aromatic carbocycles. The fourth-order valence-electron chi connectivity index (χ4n) is 2.10. The fourth-order valence-corrected chi connectivity index (χ4v) is 3.05. The second-order valence-corrected chi connectivity index (χ2v) is 6.10. The van der Waals surface area contributed by atoms with Gasteiger partial charge in [-0.05, 0) is 24.3 Å². The van der Waals surface area contributed by atoms with Gasteiger partial charge in [0.25, 0.3) is 0 Å². The number of nitrogens with zero attached hydrogens (tertiary/aromatic N) is 5. The summed E-state index contributed by atoms with van der Waals surface area (Å²) in [5, 5.41) is 13.7. The van der Waals surface area contributed by atoms with Crippen molar-refractivity contribution in [2.24, 2.45) is 0 Å². The molecule has 0 saturated heterocycles. The summed E-state index contributed by atoms with van der Waals surface area (Å²) in [6.45, 7) is 0. The van der Waals surface area contributed by atoms with Crippen molar-refractivity contribution in [1.82, 2.24) is 24.7 Å². The molecule has 0 radical (unpaired) electrons. The maximum atomic E-state index is 5.98. The average molecular weight is 344 g/mol. The van der Waals surface area contributed by atoms with Gasteiger partial charge in [0.15, 0.2) is 10.8 Å². The van der Waals surface area contributed by atoms with Gasteiger partial charge in [0, 0.05) is 16.8 Å². The molecule has 0 unspecified atom stereocenters. The molecule has 0 aliphatic carbocycles. The molecule has 0 spiro atoms. The normalized spacial score (nSPS) is 11.2. The van der Waals surface area contributed by atoms with Gasteiger partial charge in [-0.15, -0.1) is 10.2 Å². The summed E-state index contributed by atoms with van der Waals surface area (Å²) < 4.78 is 7.20. The number of thioether (sulfide) groups is 1. The van der Waals surface area contributed by atoms with Crippen molar-refractivity contribution in [2.45, 2.75) is 10.9 Å². The van der Waals surface area contributed by atoms with Crippen LogP contribution < -0.4 is 0 Å². The first-order valence-corrected chi connectivity index (χ1v) is 8.17. The summed E-state index contributed by atoms with van der Waals surface area (Å²) in [7, 11) is 0. The molecule has 0 fully saturated rings. The van der Waals surface area contributed by atoms with E-state index in [0.717, 1.165) is 16.4 Å². The zero-order valence-electron chi connectivity index (χ0n) is 11.8. The van der Waals surface area contributed by atoms with Crippen LogP contribution in [0.1, 0.15) is 5.89 Å². The molecule has 0 amide bonds. The SMILES string of the molecule is Clc1cccc(-c2noc(CSc3nnc4ccccn34)n2)c1. The molecule has 23 heavy (non-hydrogen) atoms. The summed E-state index contributed by atoms with van der Waals surface area (Å²) in [6.07, 6.45) is 1.92. The van der Waals surface area contributed by atoms with E-state index in [4.69, 9.17) is 16.1 Å². The number of hydrogen-bond donors (Lipinski definition) is 0. The van der Waals surface area contributed by atoms with Crippen LogP contribution in [0.4, 0.5) is 0 Å². The van der Waals surface area contributed by atoms with Gasteiger partial charge in [0.1, 0.15) is 0 Å². The number of hydrogen-bond acceptors (Lipinski definition) is 6. The third kappa shape index (κ3) is 2.93. The third-order valence-electron chi connectivity index (χ3n) is 3.16. The van der Waals surface area contributed by atoms with Crippen LogP contribution >= 0.6 is 23.4 Å². The predicted molar refractivity (Wildman–Crippen MR) is 87.3 cm³/mol. The molecule has 0 aliphatic heterocycles. The fraction of sp³-hybridized carbons (Fsp3) is 0.0667. The van der Waals surface area contributed by atoms with E-state index in [1.807, 2.05) is 40.9 Å². The van der Waals surface area contributed by atoms with Crippen molar-refractivity contribution in [2.75, 3.05) is 0 Å². The molecule has 0 aliphatic rings. The average Bonchev–Trinajstić information content (AvgIpc) is 3.20. The lowest BCUT2D eigenvalue weighted by molar-refractivity contribution is 0.391. The quantitative estimate of drug-likeness (QED) is 0.526. The first-order valence-electron chi connectivity index (χ1n) is 6.81. The van der Waals surface area contributed by atoms with Crippen LogP contribution in [0.5, 0.6) is 0 Å². The lowest BCUT2D eigenvalue weighted by Gasteiger charge is -1.96. The number of benzene rings is 1. The Hall–Kier alpha value is -2.38. The molecule has 114 valence electrons. The highest BCUT2D eigenvalue weighted by Gasteiger charge is 2.11. The Morgan fingerprint density at radius 2 is 2.09 bits per heavy atom. The van der Waals surface area contributed by atoms with E-state index in [-0.39, 0.29) is 0 Å². The number of aromatic nitrogens is 5. The molecule has 4 rings (SSSR count). The Morgan fingerprint density at radius 1 is 1.13 bits per heavy atom. The van der Waals surface area contributed by atoms with Gasteiger partial charge in [-0.25, -0.2) is 0 Å². The standard InChI is InChI=1S/C15H10ClN5OS/c16-11-5-3-4-10(8-11)14-17-13(22-20-14)9-23-15-19-18-12-6-1-2-7-21(12)15/h1-8H,9H2. The summed E-state index contributed by atoms with van der Waals surface area (Å²) in [6, 6.07) is 13.1. The minimum absolute atomic E-state index is 0.517. The van der Waals surface area contributed by atoms with E-state index >= 15 is 0 Å². The zero-order chi connectivity index (χ0) is 15.6. The molecular weight excluding hydrogens is 334 g/mol. The highest BCUT2D eigenvalue weighted by atomic mass is 35.5. The van der Waals surface area contributed by atoms with E-state index < -0.39 is 0 Å². The lowest BCUT2D eigenvalue weighted by Crippen LogP contribution is -1.88. The van der Waals surface area contributed by atoms with E-state index in [1.54, 1.807) is 12.1 Å². The van der Waals surface area contributed by atoms with Gasteiger partial charge < -0.3 is 4.52 Å². The number of pyridine rings is 1. The summed E-state index contributed by atoms with van der Waals surface area (Å²) in [5.74, 6) is 1.57. The molecule has 0 atom stereocenters. The molecule has 0 N–H and O–H groups in total. The summed E-state index contributed by atoms with van der Waals surface area (Å²) in [5.41, 5.74) is 1.63. The zero-order valence-corrected chi connectivity index (χ0v) is 13.3. The molecule has 8 heteroatoms. The molecule has 3 aromatic heterocycles. The van der Waals surface area contributed by atoms with Gasteiger partial charge in [0.2, 0.25) is 11.7 Å². The topological polar surface area (TPSA) is 69.1 Å². The maximum Gasteiger partial charge on any atom is 0.237 e. The minimum atomic E-state index is 0.517. The molecule has 3 heterocycles. The van der Waals surface area contributed by atoms with Gasteiger partial charge in [0.05, 0.1) is 5.75 Å². The Balaban J connectivity index is 1.52. The van der Waals surface area contributed by atoms with Gasteiger partial charge in [-0.3, -0.25) is 4.40 Å². The first-order chi connectivity index (χ1) is 11.3. The summed E-state index contributed by atoms with van der Waals surface area (Å²) >= 11 is 7.47. The number of fused-ring (bicyclic) bond motifs is 1. The Morgan fingerprint density at radius 3 is 3.00 bits per heavy atom. The highest BCUT2D eigenvalue weighted by Crippen LogP contribution is 2.24. The van der Waals surface area contributed by atoms with Crippen LogP contribution in [0.2, 0.25) is 5.02 Å². The Kier molecular flexibility index (Phi) is 3.72. The Labute approximate surface area is 140 Å². The van der Waals surface area contributed by atoms with Crippen LogP contribution in [0.25, 0.3) is 17.0 Å². The molecule has 0 saturated carbocycles. The minimum Gasteiger partial charge on any atom is -0.338 e. The van der Waals surface area contributed by atoms with E-state index in [2.05, 4.69) is 20.3 Å². The second-order valence-electron chi connectivity index (χ2n) is 4.72. The van der Waals surface area contributed by atoms with Crippen LogP contribution in [0, 0.1) is 0 Å². The van der Waals surface area contributed by atoms with Gasteiger partial charge >= 0.3 is 0 Å². The lowest BCUT2D eigenvalue weighted by atomic mass is 10.2. The van der Waals surface area contributed by atoms with Crippen molar-refractivity contribution in [3.8, 4) is 11.4 Å². The predicted octanol–water partition coefficient (Wildman–Crippen LogP) is 3.73. The van der Waals surface area contributed by atoms with E-state index in [9.17, 15) is 0 Å². The molecular formula is C15H10ClN5OS. The van der Waals surface area contributed by atoms with E-state index in [0.29, 0.717) is 22.5 Å². The smallest absolute Gasteiger partial charge is 0.237 e. The maximum absolute atomic E-state index is 5.98. The summed E-state index contributed by atoms with van der Waals surface area (Å²) in [4.78, 5) is 4.39. The number of halogens is 1. The van der Waals surface area contributed by atoms with Crippen LogP contribution in [-0.4, -0.2) is 24.7 Å². The molecule has 6 nitrogen and oxygen atoms in total. The molecule has 0 bridgehead atoms. The van der Waals surface area contributed by atoms with E-state index in [1.165, 1.54) is 11.8 Å². The van der Waals surface area contributed by atoms with Gasteiger partial charge in [-0.1, -0.05) is 46.7 Å². The van der Waals surface area contributed by atoms with Crippen molar-refractivity contribution >= 4 is 29.0 Å². The number of rotatable bonds is 4. The van der Waals surface area contributed by atoms with Crippen LogP contribution in [-0.2, 0) is 5.75 Å². The Bertz CT molecular complexity index is 967. The van der Waals surface area contributed by atoms with Crippen molar-refractivity contribution in [3.63, 3.8) is 0 Å². The van der Waals surface area contributed by atoms with Gasteiger partial charge in [-0.2, -0.15) is 4.98 Å². The van der Waals surface area contributed by atoms with Crippen LogP contribution in [0.15, 0.2) is 58.3 Å². The van der Waals surface area contributed by atoms with Crippen LogP contribution in [0.3, 0.4) is 0 Å². The van der Waals surface area contributed by atoms with Crippen molar-refractivity contribution < 1.29 is 4.52 Å².